The molecule has 2 rings (SSSR count). The lowest BCUT2D eigenvalue weighted by molar-refractivity contribution is -0.136. The third-order valence-electron chi connectivity index (χ3n) is 3.81. The van der Waals surface area contributed by atoms with Gasteiger partial charge in [-0.1, -0.05) is 30.7 Å². The molecule has 1 saturated carbocycles. The number of aliphatic hydroxyl groups is 1. The van der Waals surface area contributed by atoms with Gasteiger partial charge in [-0.3, -0.25) is 9.69 Å². The van der Waals surface area contributed by atoms with Gasteiger partial charge in [0.2, 0.25) is 0 Å². The van der Waals surface area contributed by atoms with Crippen LogP contribution in [0.2, 0.25) is 0 Å². The summed E-state index contributed by atoms with van der Waals surface area (Å²) in [5.74, 6) is -0.801. The van der Waals surface area contributed by atoms with E-state index in [0.717, 1.165) is 17.7 Å². The van der Waals surface area contributed by atoms with Gasteiger partial charge in [-0.2, -0.15) is 0 Å². The van der Waals surface area contributed by atoms with Crippen molar-refractivity contribution in [3.8, 4) is 0 Å². The van der Waals surface area contributed by atoms with Crippen molar-refractivity contribution >= 4 is 5.97 Å². The minimum Gasteiger partial charge on any atom is -0.481 e. The number of hydrogen-bond donors (Lipinski definition) is 2. The molecule has 2 N–H and O–H groups in total. The van der Waals surface area contributed by atoms with Crippen LogP contribution in [-0.2, 0) is 17.8 Å². The highest BCUT2D eigenvalue weighted by Crippen LogP contribution is 2.26. The zero-order valence-electron chi connectivity index (χ0n) is 11.1. The topological polar surface area (TPSA) is 60.8 Å². The van der Waals surface area contributed by atoms with Gasteiger partial charge in [0.1, 0.15) is 0 Å². The highest BCUT2D eigenvalue weighted by molar-refractivity contribution is 5.70. The number of aliphatic hydroxyl groups excluding tert-OH is 1. The summed E-state index contributed by atoms with van der Waals surface area (Å²) in [5, 5.41) is 18.1. The SMILES string of the molecule is O=C(O)Cc1ccccc1CN(CCO)C1CCC1. The Hall–Kier alpha value is -1.39. The molecule has 0 bridgehead atoms. The van der Waals surface area contributed by atoms with Gasteiger partial charge in [0.25, 0.3) is 0 Å². The number of carboxylic acid groups (broad SMARTS) is 1. The molecule has 19 heavy (non-hydrogen) atoms. The van der Waals surface area contributed by atoms with E-state index in [2.05, 4.69) is 4.90 Å². The van der Waals surface area contributed by atoms with E-state index in [1.165, 1.54) is 19.3 Å². The molecule has 0 aliphatic heterocycles. The summed E-state index contributed by atoms with van der Waals surface area (Å²) in [6, 6.07) is 8.23. The van der Waals surface area contributed by atoms with Crippen LogP contribution in [0.5, 0.6) is 0 Å². The number of rotatable bonds is 7. The van der Waals surface area contributed by atoms with Crippen molar-refractivity contribution in [3.63, 3.8) is 0 Å². The second-order valence-corrected chi connectivity index (χ2v) is 5.12. The van der Waals surface area contributed by atoms with E-state index in [1.54, 1.807) is 0 Å². The van der Waals surface area contributed by atoms with Crippen molar-refractivity contribution < 1.29 is 15.0 Å². The first-order chi connectivity index (χ1) is 9.20. The molecule has 1 aliphatic carbocycles. The molecule has 4 heteroatoms. The summed E-state index contributed by atoms with van der Waals surface area (Å²) >= 11 is 0. The summed E-state index contributed by atoms with van der Waals surface area (Å²) in [6.45, 7) is 1.54. The molecule has 0 unspecified atom stereocenters. The Morgan fingerprint density at radius 1 is 1.26 bits per heavy atom. The monoisotopic (exact) mass is 263 g/mol. The standard InChI is InChI=1S/C15H21NO3/c17-9-8-16(14-6-3-7-14)11-13-5-2-1-4-12(13)10-15(18)19/h1-2,4-5,14,17H,3,6-11H2,(H,18,19). The molecule has 1 fully saturated rings. The Bertz CT molecular complexity index is 429. The first kappa shape index (κ1) is 14.0. The number of carboxylic acids is 1. The molecule has 104 valence electrons. The lowest BCUT2D eigenvalue weighted by atomic mass is 9.90. The summed E-state index contributed by atoms with van der Waals surface area (Å²) in [7, 11) is 0. The number of benzene rings is 1. The van der Waals surface area contributed by atoms with Crippen LogP contribution in [0.25, 0.3) is 0 Å². The van der Waals surface area contributed by atoms with Gasteiger partial charge in [-0.05, 0) is 24.0 Å². The highest BCUT2D eigenvalue weighted by Gasteiger charge is 2.25. The van der Waals surface area contributed by atoms with E-state index in [0.29, 0.717) is 12.6 Å². The molecule has 0 aromatic heterocycles. The Labute approximate surface area is 113 Å². The van der Waals surface area contributed by atoms with Crippen LogP contribution in [0.1, 0.15) is 30.4 Å². The number of carbonyl (C=O) groups is 1. The van der Waals surface area contributed by atoms with Crippen LogP contribution >= 0.6 is 0 Å². The van der Waals surface area contributed by atoms with Gasteiger partial charge in [0.15, 0.2) is 0 Å². The molecule has 0 saturated heterocycles. The van der Waals surface area contributed by atoms with Gasteiger partial charge in [0, 0.05) is 19.1 Å². The molecule has 0 amide bonds. The largest absolute Gasteiger partial charge is 0.481 e. The maximum Gasteiger partial charge on any atom is 0.307 e. The summed E-state index contributed by atoms with van der Waals surface area (Å²) in [6.07, 6.45) is 3.68. The second kappa shape index (κ2) is 6.68. The number of aliphatic carboxylic acids is 1. The summed E-state index contributed by atoms with van der Waals surface area (Å²) < 4.78 is 0. The smallest absolute Gasteiger partial charge is 0.307 e. The second-order valence-electron chi connectivity index (χ2n) is 5.12. The predicted octanol–water partition coefficient (Wildman–Crippen LogP) is 1.66. The van der Waals surface area contributed by atoms with Gasteiger partial charge in [-0.25, -0.2) is 0 Å². The Balaban J connectivity index is 2.08. The van der Waals surface area contributed by atoms with Crippen molar-refractivity contribution in [2.24, 2.45) is 0 Å². The quantitative estimate of drug-likeness (QED) is 0.785. The first-order valence-corrected chi connectivity index (χ1v) is 6.84. The third kappa shape index (κ3) is 3.78. The van der Waals surface area contributed by atoms with Crippen LogP contribution < -0.4 is 0 Å². The molecule has 1 aromatic rings. The van der Waals surface area contributed by atoms with E-state index in [1.807, 2.05) is 24.3 Å². The molecular formula is C15H21NO3. The van der Waals surface area contributed by atoms with Crippen LogP contribution in [0.3, 0.4) is 0 Å². The summed E-state index contributed by atoms with van der Waals surface area (Å²) in [4.78, 5) is 13.1. The third-order valence-corrected chi connectivity index (χ3v) is 3.81. The molecule has 1 aliphatic rings. The minimum absolute atomic E-state index is 0.0633. The lowest BCUT2D eigenvalue weighted by Gasteiger charge is -2.37. The summed E-state index contributed by atoms with van der Waals surface area (Å²) in [5.41, 5.74) is 1.93. The van der Waals surface area contributed by atoms with E-state index in [9.17, 15) is 4.79 Å². The maximum absolute atomic E-state index is 10.9. The minimum atomic E-state index is -0.801. The van der Waals surface area contributed by atoms with E-state index >= 15 is 0 Å². The van der Waals surface area contributed by atoms with Crippen molar-refractivity contribution in [3.05, 3.63) is 35.4 Å². The van der Waals surface area contributed by atoms with Crippen LogP contribution in [0.15, 0.2) is 24.3 Å². The number of nitrogens with zero attached hydrogens (tertiary/aromatic N) is 1. The van der Waals surface area contributed by atoms with Crippen molar-refractivity contribution in [2.45, 2.75) is 38.3 Å². The normalized spacial score (nSPS) is 15.5. The molecule has 1 aromatic carbocycles. The molecular weight excluding hydrogens is 242 g/mol. The molecule has 4 nitrogen and oxygen atoms in total. The fourth-order valence-electron chi connectivity index (χ4n) is 2.54. The molecule has 0 radical (unpaired) electrons. The van der Waals surface area contributed by atoms with Gasteiger partial charge in [-0.15, -0.1) is 0 Å². The Morgan fingerprint density at radius 3 is 2.47 bits per heavy atom. The van der Waals surface area contributed by atoms with Crippen molar-refractivity contribution in [2.75, 3.05) is 13.2 Å². The van der Waals surface area contributed by atoms with Crippen LogP contribution in [0, 0.1) is 0 Å². The predicted molar refractivity (Wildman–Crippen MR) is 72.9 cm³/mol. The van der Waals surface area contributed by atoms with Gasteiger partial charge in [0.05, 0.1) is 13.0 Å². The average Bonchev–Trinajstić information content (AvgIpc) is 2.29. The molecule has 0 heterocycles. The van der Waals surface area contributed by atoms with Gasteiger partial charge < -0.3 is 10.2 Å². The zero-order chi connectivity index (χ0) is 13.7. The van der Waals surface area contributed by atoms with E-state index < -0.39 is 5.97 Å². The average molecular weight is 263 g/mol. The molecule has 0 spiro atoms. The van der Waals surface area contributed by atoms with Gasteiger partial charge >= 0.3 is 5.97 Å². The van der Waals surface area contributed by atoms with E-state index in [4.69, 9.17) is 10.2 Å². The fourth-order valence-corrected chi connectivity index (χ4v) is 2.54. The van der Waals surface area contributed by atoms with Crippen LogP contribution in [0.4, 0.5) is 0 Å². The van der Waals surface area contributed by atoms with Crippen molar-refractivity contribution in [1.82, 2.24) is 4.90 Å². The highest BCUT2D eigenvalue weighted by atomic mass is 16.4. The fraction of sp³-hybridized carbons (Fsp3) is 0.533. The van der Waals surface area contributed by atoms with Crippen LogP contribution in [-0.4, -0.2) is 40.3 Å². The number of hydrogen-bond acceptors (Lipinski definition) is 3. The van der Waals surface area contributed by atoms with E-state index in [-0.39, 0.29) is 13.0 Å². The first-order valence-electron chi connectivity index (χ1n) is 6.84. The zero-order valence-corrected chi connectivity index (χ0v) is 11.1. The Morgan fingerprint density at radius 2 is 1.95 bits per heavy atom. The lowest BCUT2D eigenvalue weighted by Crippen LogP contribution is -2.41. The Kier molecular flexibility index (Phi) is 4.93. The molecule has 0 atom stereocenters. The van der Waals surface area contributed by atoms with Crippen molar-refractivity contribution in [1.29, 1.82) is 0 Å². The maximum atomic E-state index is 10.9.